The maximum absolute atomic E-state index is 12.1. The van der Waals surface area contributed by atoms with Crippen molar-refractivity contribution >= 4 is 5.97 Å². The average Bonchev–Trinajstić information content (AvgIpc) is 2.34. The minimum Gasteiger partial charge on any atom is -0.463 e. The van der Waals surface area contributed by atoms with Crippen molar-refractivity contribution in [2.75, 3.05) is 7.11 Å². The number of ether oxygens (including phenoxy) is 1. The standard InChI is InChI=1S/C6H5FO3/c1-9-6(8)5-2-4(7)3-10-5/h2-3H,1H3. The van der Waals surface area contributed by atoms with Crippen molar-refractivity contribution in [3.63, 3.8) is 0 Å². The molecule has 0 aliphatic heterocycles. The van der Waals surface area contributed by atoms with Crippen LogP contribution in [0.15, 0.2) is 16.7 Å². The zero-order chi connectivity index (χ0) is 7.56. The predicted molar refractivity (Wildman–Crippen MR) is 30.0 cm³/mol. The lowest BCUT2D eigenvalue weighted by Gasteiger charge is -1.89. The van der Waals surface area contributed by atoms with Gasteiger partial charge in [0.05, 0.1) is 7.11 Å². The summed E-state index contributed by atoms with van der Waals surface area (Å²) in [6, 6.07) is 0.964. The van der Waals surface area contributed by atoms with Gasteiger partial charge in [-0.3, -0.25) is 0 Å². The van der Waals surface area contributed by atoms with E-state index >= 15 is 0 Å². The number of esters is 1. The van der Waals surface area contributed by atoms with Crippen LogP contribution in [0.5, 0.6) is 0 Å². The number of hydrogen-bond acceptors (Lipinski definition) is 3. The second kappa shape index (κ2) is 2.51. The first kappa shape index (κ1) is 6.80. The molecule has 0 aromatic carbocycles. The van der Waals surface area contributed by atoms with E-state index in [0.29, 0.717) is 0 Å². The number of hydrogen-bond donors (Lipinski definition) is 0. The van der Waals surface area contributed by atoms with Gasteiger partial charge < -0.3 is 9.15 Å². The minimum atomic E-state index is -0.677. The zero-order valence-electron chi connectivity index (χ0n) is 5.26. The van der Waals surface area contributed by atoms with Gasteiger partial charge in [0.15, 0.2) is 5.82 Å². The molecular formula is C6H5FO3. The van der Waals surface area contributed by atoms with E-state index in [1.54, 1.807) is 0 Å². The molecule has 1 rings (SSSR count). The Hall–Kier alpha value is -1.32. The van der Waals surface area contributed by atoms with Crippen LogP contribution in [0.1, 0.15) is 10.6 Å². The van der Waals surface area contributed by atoms with Gasteiger partial charge in [-0.05, 0) is 0 Å². The Morgan fingerprint density at radius 3 is 2.90 bits per heavy atom. The highest BCUT2D eigenvalue weighted by molar-refractivity contribution is 5.86. The first-order chi connectivity index (χ1) is 4.74. The second-order valence-electron chi connectivity index (χ2n) is 1.62. The van der Waals surface area contributed by atoms with Gasteiger partial charge in [-0.25, -0.2) is 9.18 Å². The number of methoxy groups -OCH3 is 1. The molecule has 0 saturated heterocycles. The summed E-state index contributed by atoms with van der Waals surface area (Å²) in [5.41, 5.74) is 0. The van der Waals surface area contributed by atoms with Gasteiger partial charge in [-0.1, -0.05) is 0 Å². The molecule has 1 heterocycles. The Bertz CT molecular complexity index is 241. The van der Waals surface area contributed by atoms with Crippen LogP contribution < -0.4 is 0 Å². The highest BCUT2D eigenvalue weighted by Gasteiger charge is 2.09. The van der Waals surface area contributed by atoms with Crippen LogP contribution in [-0.2, 0) is 4.74 Å². The highest BCUT2D eigenvalue weighted by atomic mass is 19.1. The third-order valence-electron chi connectivity index (χ3n) is 0.954. The molecule has 0 aliphatic carbocycles. The minimum absolute atomic E-state index is 0.125. The lowest BCUT2D eigenvalue weighted by Crippen LogP contribution is -1.98. The summed E-state index contributed by atoms with van der Waals surface area (Å²) in [7, 11) is 1.20. The summed E-state index contributed by atoms with van der Waals surface area (Å²) in [6.45, 7) is 0. The Labute approximate surface area is 56.4 Å². The normalized spacial score (nSPS) is 9.40. The molecule has 0 bridgehead atoms. The molecular weight excluding hydrogens is 139 g/mol. The van der Waals surface area contributed by atoms with E-state index in [9.17, 15) is 9.18 Å². The predicted octanol–water partition coefficient (Wildman–Crippen LogP) is 1.21. The molecule has 0 atom stereocenters. The molecule has 0 aliphatic rings. The largest absolute Gasteiger partial charge is 0.463 e. The molecule has 3 nitrogen and oxygen atoms in total. The lowest BCUT2D eigenvalue weighted by molar-refractivity contribution is 0.0565. The van der Waals surface area contributed by atoms with Gasteiger partial charge in [0.25, 0.3) is 0 Å². The molecule has 0 N–H and O–H groups in total. The first-order valence-corrected chi connectivity index (χ1v) is 2.56. The lowest BCUT2D eigenvalue weighted by atomic mass is 10.4. The number of carbonyl (C=O) groups excluding carboxylic acids is 1. The number of halogens is 1. The average molecular weight is 144 g/mol. The quantitative estimate of drug-likeness (QED) is 0.556. The van der Waals surface area contributed by atoms with Crippen LogP contribution in [0.3, 0.4) is 0 Å². The monoisotopic (exact) mass is 144 g/mol. The molecule has 0 unspecified atom stereocenters. The molecule has 0 fully saturated rings. The molecule has 1 aromatic rings. The third-order valence-corrected chi connectivity index (χ3v) is 0.954. The molecule has 0 radical (unpaired) electrons. The Balaban J connectivity index is 2.85. The number of carbonyl (C=O) groups is 1. The number of rotatable bonds is 1. The van der Waals surface area contributed by atoms with E-state index in [1.807, 2.05) is 0 Å². The Kier molecular flexibility index (Phi) is 1.71. The maximum atomic E-state index is 12.1. The molecule has 1 aromatic heterocycles. The van der Waals surface area contributed by atoms with Crippen molar-refractivity contribution in [3.05, 3.63) is 23.9 Å². The van der Waals surface area contributed by atoms with Gasteiger partial charge in [0.1, 0.15) is 6.26 Å². The van der Waals surface area contributed by atoms with Crippen LogP contribution >= 0.6 is 0 Å². The van der Waals surface area contributed by atoms with E-state index in [2.05, 4.69) is 9.15 Å². The summed E-state index contributed by atoms with van der Waals surface area (Å²) < 4.78 is 20.8. The van der Waals surface area contributed by atoms with Gasteiger partial charge in [-0.2, -0.15) is 0 Å². The van der Waals surface area contributed by atoms with Crippen molar-refractivity contribution in [1.82, 2.24) is 0 Å². The van der Waals surface area contributed by atoms with Crippen molar-refractivity contribution in [1.29, 1.82) is 0 Å². The fourth-order valence-corrected chi connectivity index (χ4v) is 0.521. The zero-order valence-corrected chi connectivity index (χ0v) is 5.26. The van der Waals surface area contributed by atoms with E-state index < -0.39 is 11.8 Å². The van der Waals surface area contributed by atoms with Crippen molar-refractivity contribution in [2.24, 2.45) is 0 Å². The summed E-state index contributed by atoms with van der Waals surface area (Å²) in [5, 5.41) is 0. The van der Waals surface area contributed by atoms with Gasteiger partial charge in [-0.15, -0.1) is 0 Å². The molecule has 10 heavy (non-hydrogen) atoms. The summed E-state index contributed by atoms with van der Waals surface area (Å²) in [4.78, 5) is 10.5. The fraction of sp³-hybridized carbons (Fsp3) is 0.167. The molecule has 4 heteroatoms. The van der Waals surface area contributed by atoms with Crippen molar-refractivity contribution in [2.45, 2.75) is 0 Å². The topological polar surface area (TPSA) is 39.4 Å². The maximum Gasteiger partial charge on any atom is 0.374 e. The fourth-order valence-electron chi connectivity index (χ4n) is 0.521. The van der Waals surface area contributed by atoms with E-state index in [0.717, 1.165) is 12.3 Å². The summed E-state index contributed by atoms with van der Waals surface area (Å²) in [6.07, 6.45) is 0.840. The van der Waals surface area contributed by atoms with Crippen molar-refractivity contribution in [3.8, 4) is 0 Å². The highest BCUT2D eigenvalue weighted by Crippen LogP contribution is 2.05. The van der Waals surface area contributed by atoms with Crippen LogP contribution in [-0.4, -0.2) is 13.1 Å². The van der Waals surface area contributed by atoms with Gasteiger partial charge in [0, 0.05) is 6.07 Å². The second-order valence-corrected chi connectivity index (χ2v) is 1.62. The summed E-state index contributed by atoms with van der Waals surface area (Å²) >= 11 is 0. The third kappa shape index (κ3) is 1.15. The first-order valence-electron chi connectivity index (χ1n) is 2.56. The van der Waals surface area contributed by atoms with Crippen LogP contribution in [0.25, 0.3) is 0 Å². The SMILES string of the molecule is COC(=O)c1cc(F)co1. The van der Waals surface area contributed by atoms with E-state index in [-0.39, 0.29) is 5.76 Å². The van der Waals surface area contributed by atoms with E-state index in [1.165, 1.54) is 7.11 Å². The van der Waals surface area contributed by atoms with Crippen molar-refractivity contribution < 1.29 is 18.3 Å². The Morgan fingerprint density at radius 2 is 2.50 bits per heavy atom. The Morgan fingerprint density at radius 1 is 1.80 bits per heavy atom. The molecule has 0 saturated carbocycles. The van der Waals surface area contributed by atoms with E-state index in [4.69, 9.17) is 0 Å². The molecule has 0 amide bonds. The molecule has 0 spiro atoms. The summed E-state index contributed by atoms with van der Waals surface area (Å²) in [5.74, 6) is -1.38. The van der Waals surface area contributed by atoms with Crippen LogP contribution in [0.4, 0.5) is 4.39 Å². The number of furan rings is 1. The van der Waals surface area contributed by atoms with Gasteiger partial charge >= 0.3 is 5.97 Å². The molecule has 54 valence electrons. The van der Waals surface area contributed by atoms with Gasteiger partial charge in [0.2, 0.25) is 5.76 Å². The smallest absolute Gasteiger partial charge is 0.374 e. The van der Waals surface area contributed by atoms with Crippen LogP contribution in [0, 0.1) is 5.82 Å². The van der Waals surface area contributed by atoms with Crippen LogP contribution in [0.2, 0.25) is 0 Å².